The van der Waals surface area contributed by atoms with Gasteiger partial charge in [-0.1, -0.05) is 30.3 Å². The second-order valence-corrected chi connectivity index (χ2v) is 4.80. The number of carbonyl (C=O) groups is 1. The average Bonchev–Trinajstić information content (AvgIpc) is 3.15. The first-order chi connectivity index (χ1) is 9.33. The summed E-state index contributed by atoms with van der Waals surface area (Å²) in [6.45, 7) is 0.156. The van der Waals surface area contributed by atoms with E-state index in [1.54, 1.807) is 0 Å². The van der Waals surface area contributed by atoms with Gasteiger partial charge in [-0.15, -0.1) is 5.10 Å². The second-order valence-electron chi connectivity index (χ2n) is 4.80. The van der Waals surface area contributed by atoms with Crippen molar-refractivity contribution in [2.45, 2.75) is 25.4 Å². The average molecular weight is 257 g/mol. The number of nitrogens with one attached hydrogen (secondary N) is 1. The molecule has 6 nitrogen and oxygen atoms in total. The van der Waals surface area contributed by atoms with Gasteiger partial charge in [-0.2, -0.15) is 0 Å². The Morgan fingerprint density at radius 2 is 2.16 bits per heavy atom. The Bertz CT molecular complexity index is 535. The lowest BCUT2D eigenvalue weighted by Gasteiger charge is -2.18. The molecule has 0 radical (unpaired) electrons. The Morgan fingerprint density at radius 1 is 1.37 bits per heavy atom. The number of hydrogen-bond donors (Lipinski definition) is 1. The summed E-state index contributed by atoms with van der Waals surface area (Å²) in [7, 11) is 0. The normalized spacial score (nSPS) is 16.0. The van der Waals surface area contributed by atoms with E-state index < -0.39 is 0 Å². The first-order valence-corrected chi connectivity index (χ1v) is 6.38. The molecular weight excluding hydrogens is 242 g/mol. The monoisotopic (exact) mass is 257 g/mol. The molecule has 1 unspecified atom stereocenters. The van der Waals surface area contributed by atoms with E-state index in [0.717, 1.165) is 5.56 Å². The summed E-state index contributed by atoms with van der Waals surface area (Å²) in [5.74, 6) is 0.494. The Hall–Kier alpha value is -2.24. The predicted molar refractivity (Wildman–Crippen MR) is 67.9 cm³/mol. The highest BCUT2D eigenvalue weighted by Crippen LogP contribution is 2.40. The third-order valence-electron chi connectivity index (χ3n) is 3.27. The van der Waals surface area contributed by atoms with E-state index in [-0.39, 0.29) is 18.5 Å². The number of aromatic nitrogens is 4. The summed E-state index contributed by atoms with van der Waals surface area (Å²) in [5, 5.41) is 13.8. The van der Waals surface area contributed by atoms with Crippen LogP contribution in [0.2, 0.25) is 0 Å². The fraction of sp³-hybridized carbons (Fsp3) is 0.385. The zero-order valence-electron chi connectivity index (χ0n) is 10.4. The third-order valence-corrected chi connectivity index (χ3v) is 3.27. The molecule has 1 aliphatic rings. The Morgan fingerprint density at radius 3 is 2.79 bits per heavy atom. The van der Waals surface area contributed by atoms with Gasteiger partial charge < -0.3 is 5.32 Å². The molecule has 1 aromatic carbocycles. The van der Waals surface area contributed by atoms with Crippen LogP contribution in [0.4, 0.5) is 0 Å². The van der Waals surface area contributed by atoms with Gasteiger partial charge >= 0.3 is 0 Å². The van der Waals surface area contributed by atoms with Crippen molar-refractivity contribution in [2.75, 3.05) is 0 Å². The molecule has 0 saturated heterocycles. The quantitative estimate of drug-likeness (QED) is 0.865. The van der Waals surface area contributed by atoms with Crippen molar-refractivity contribution in [2.24, 2.45) is 5.92 Å². The van der Waals surface area contributed by atoms with Crippen molar-refractivity contribution in [3.05, 3.63) is 42.2 Å². The highest BCUT2D eigenvalue weighted by Gasteiger charge is 2.33. The minimum Gasteiger partial charge on any atom is -0.347 e. The first-order valence-electron chi connectivity index (χ1n) is 6.38. The van der Waals surface area contributed by atoms with E-state index >= 15 is 0 Å². The van der Waals surface area contributed by atoms with Crippen LogP contribution in [0.25, 0.3) is 0 Å². The minimum atomic E-state index is -0.0620. The molecule has 6 heteroatoms. The molecule has 0 bridgehead atoms. The number of nitrogens with zero attached hydrogens (tertiary/aromatic N) is 4. The molecule has 1 saturated carbocycles. The summed E-state index contributed by atoms with van der Waals surface area (Å²) in [4.78, 5) is 12.0. The standard InChI is InChI=1S/C13H15N5O/c19-12(8-18-9-14-16-17-18)15-13(11-6-7-11)10-4-2-1-3-5-10/h1-5,9,11,13H,6-8H2,(H,15,19). The molecule has 1 aromatic heterocycles. The van der Waals surface area contributed by atoms with Crippen LogP contribution in [0.15, 0.2) is 36.7 Å². The van der Waals surface area contributed by atoms with E-state index in [1.807, 2.05) is 18.2 Å². The maximum absolute atomic E-state index is 12.0. The molecule has 1 fully saturated rings. The highest BCUT2D eigenvalue weighted by atomic mass is 16.2. The molecule has 98 valence electrons. The Labute approximate surface area is 110 Å². The number of amides is 1. The van der Waals surface area contributed by atoms with E-state index in [0.29, 0.717) is 5.92 Å². The van der Waals surface area contributed by atoms with E-state index in [2.05, 4.69) is 33.0 Å². The third kappa shape index (κ3) is 2.96. The highest BCUT2D eigenvalue weighted by molar-refractivity contribution is 5.76. The summed E-state index contributed by atoms with van der Waals surface area (Å²) < 4.78 is 1.42. The predicted octanol–water partition coefficient (Wildman–Crippen LogP) is 0.941. The number of rotatable bonds is 5. The summed E-state index contributed by atoms with van der Waals surface area (Å²) >= 11 is 0. The van der Waals surface area contributed by atoms with Crippen LogP contribution >= 0.6 is 0 Å². The van der Waals surface area contributed by atoms with Crippen LogP contribution in [0.1, 0.15) is 24.4 Å². The van der Waals surface area contributed by atoms with Crippen molar-refractivity contribution in [1.29, 1.82) is 0 Å². The molecular formula is C13H15N5O. The smallest absolute Gasteiger partial charge is 0.242 e. The lowest BCUT2D eigenvalue weighted by atomic mass is 10.0. The Kier molecular flexibility index (Phi) is 3.22. The lowest BCUT2D eigenvalue weighted by Crippen LogP contribution is -2.32. The maximum Gasteiger partial charge on any atom is 0.242 e. The van der Waals surface area contributed by atoms with Crippen LogP contribution in [-0.4, -0.2) is 26.1 Å². The van der Waals surface area contributed by atoms with Gasteiger partial charge in [-0.05, 0) is 34.7 Å². The molecule has 2 aromatic rings. The fourth-order valence-corrected chi connectivity index (χ4v) is 2.18. The maximum atomic E-state index is 12.0. The van der Waals surface area contributed by atoms with Gasteiger partial charge in [0.1, 0.15) is 12.9 Å². The van der Waals surface area contributed by atoms with E-state index in [1.165, 1.54) is 23.9 Å². The van der Waals surface area contributed by atoms with Crippen LogP contribution < -0.4 is 5.32 Å². The molecule has 1 atom stereocenters. The van der Waals surface area contributed by atoms with Crippen molar-refractivity contribution < 1.29 is 4.79 Å². The summed E-state index contributed by atoms with van der Waals surface area (Å²) in [6, 6.07) is 10.2. The number of carbonyl (C=O) groups excluding carboxylic acids is 1. The van der Waals surface area contributed by atoms with Gasteiger partial charge in [0.05, 0.1) is 6.04 Å². The Balaban J connectivity index is 1.67. The largest absolute Gasteiger partial charge is 0.347 e. The van der Waals surface area contributed by atoms with Gasteiger partial charge in [-0.25, -0.2) is 4.68 Å². The van der Waals surface area contributed by atoms with Crippen LogP contribution in [0.5, 0.6) is 0 Å². The van der Waals surface area contributed by atoms with Crippen LogP contribution in [0.3, 0.4) is 0 Å². The zero-order valence-corrected chi connectivity index (χ0v) is 10.4. The molecule has 0 aliphatic heterocycles. The molecule has 1 heterocycles. The number of tetrazole rings is 1. The first kappa shape index (κ1) is 11.8. The zero-order chi connectivity index (χ0) is 13.1. The van der Waals surface area contributed by atoms with Gasteiger partial charge in [0.2, 0.25) is 5.91 Å². The molecule has 19 heavy (non-hydrogen) atoms. The second kappa shape index (κ2) is 5.17. The topological polar surface area (TPSA) is 72.7 Å². The fourth-order valence-electron chi connectivity index (χ4n) is 2.18. The van der Waals surface area contributed by atoms with Gasteiger partial charge in [0, 0.05) is 0 Å². The van der Waals surface area contributed by atoms with Gasteiger partial charge in [0.25, 0.3) is 0 Å². The number of hydrogen-bond acceptors (Lipinski definition) is 4. The lowest BCUT2D eigenvalue weighted by molar-refractivity contribution is -0.122. The molecule has 1 amide bonds. The number of benzene rings is 1. The van der Waals surface area contributed by atoms with E-state index in [9.17, 15) is 4.79 Å². The van der Waals surface area contributed by atoms with Gasteiger partial charge in [0.15, 0.2) is 0 Å². The molecule has 0 spiro atoms. The SMILES string of the molecule is O=C(Cn1cnnn1)NC(c1ccccc1)C1CC1. The van der Waals surface area contributed by atoms with Gasteiger partial charge in [-0.3, -0.25) is 4.79 Å². The molecule has 1 N–H and O–H groups in total. The van der Waals surface area contributed by atoms with Crippen molar-refractivity contribution >= 4 is 5.91 Å². The van der Waals surface area contributed by atoms with Crippen LogP contribution in [0, 0.1) is 5.92 Å². The van der Waals surface area contributed by atoms with E-state index in [4.69, 9.17) is 0 Å². The summed E-state index contributed by atoms with van der Waals surface area (Å²) in [6.07, 6.45) is 3.78. The summed E-state index contributed by atoms with van der Waals surface area (Å²) in [5.41, 5.74) is 1.16. The van der Waals surface area contributed by atoms with Crippen molar-refractivity contribution in [3.63, 3.8) is 0 Å². The van der Waals surface area contributed by atoms with Crippen molar-refractivity contribution in [3.8, 4) is 0 Å². The van der Waals surface area contributed by atoms with Crippen molar-refractivity contribution in [1.82, 2.24) is 25.5 Å². The molecule has 3 rings (SSSR count). The molecule has 1 aliphatic carbocycles. The van der Waals surface area contributed by atoms with Crippen LogP contribution in [-0.2, 0) is 11.3 Å². The minimum absolute atomic E-state index is 0.0620.